The van der Waals surface area contributed by atoms with Crippen LogP contribution in [0.25, 0.3) is 0 Å². The van der Waals surface area contributed by atoms with Gasteiger partial charge in [-0.2, -0.15) is 11.3 Å². The van der Waals surface area contributed by atoms with E-state index in [9.17, 15) is 4.79 Å². The number of methoxy groups -OCH3 is 1. The Bertz CT molecular complexity index is 929. The fraction of sp³-hybridized carbons (Fsp3) is 0.292. The summed E-state index contributed by atoms with van der Waals surface area (Å²) in [6.07, 6.45) is 0. The smallest absolute Gasteiger partial charge is 0.236 e. The van der Waals surface area contributed by atoms with Gasteiger partial charge in [0.2, 0.25) is 5.91 Å². The maximum absolute atomic E-state index is 12.6. The van der Waals surface area contributed by atoms with Crippen LogP contribution < -0.4 is 9.47 Å². The van der Waals surface area contributed by atoms with Crippen molar-refractivity contribution in [2.45, 2.75) is 19.7 Å². The molecule has 3 aromatic rings. The predicted molar refractivity (Wildman–Crippen MR) is 121 cm³/mol. The van der Waals surface area contributed by atoms with E-state index in [1.165, 1.54) is 5.56 Å². The second kappa shape index (κ2) is 10.8. The molecule has 3 rings (SSSR count). The van der Waals surface area contributed by atoms with Crippen molar-refractivity contribution in [3.8, 4) is 11.5 Å². The predicted octanol–water partition coefficient (Wildman–Crippen LogP) is 4.43. The van der Waals surface area contributed by atoms with Crippen LogP contribution in [-0.4, -0.2) is 43.5 Å². The topological polar surface area (TPSA) is 42.0 Å². The van der Waals surface area contributed by atoms with Gasteiger partial charge in [0, 0.05) is 20.1 Å². The summed E-state index contributed by atoms with van der Waals surface area (Å²) in [5, 5.41) is 4.16. The van der Waals surface area contributed by atoms with E-state index in [0.717, 1.165) is 17.7 Å². The normalized spacial score (nSPS) is 10.8. The van der Waals surface area contributed by atoms with Gasteiger partial charge in [0.15, 0.2) is 11.5 Å². The molecular weight excluding hydrogens is 396 g/mol. The van der Waals surface area contributed by atoms with Gasteiger partial charge in [-0.3, -0.25) is 9.69 Å². The maximum Gasteiger partial charge on any atom is 0.236 e. The number of amides is 1. The Labute approximate surface area is 182 Å². The minimum Gasteiger partial charge on any atom is -0.493 e. The fourth-order valence-electron chi connectivity index (χ4n) is 3.13. The van der Waals surface area contributed by atoms with Crippen LogP contribution in [0.3, 0.4) is 0 Å². The third-order valence-electron chi connectivity index (χ3n) is 4.75. The van der Waals surface area contributed by atoms with Crippen LogP contribution in [0, 0.1) is 0 Å². The van der Waals surface area contributed by atoms with Crippen molar-refractivity contribution in [3.05, 3.63) is 82.0 Å². The third kappa shape index (κ3) is 6.34. The number of rotatable bonds is 10. The van der Waals surface area contributed by atoms with E-state index in [4.69, 9.17) is 9.47 Å². The number of hydrogen-bond donors (Lipinski definition) is 0. The maximum atomic E-state index is 12.6. The molecule has 0 bridgehead atoms. The molecule has 30 heavy (non-hydrogen) atoms. The molecule has 1 aromatic heterocycles. The summed E-state index contributed by atoms with van der Waals surface area (Å²) < 4.78 is 11.4. The molecule has 1 heterocycles. The standard InChI is InChI=1S/C24H28N2O3S/c1-25(14-21-11-12-30-18-21)16-24(27)26(2)15-20-9-10-22(23(13-20)28-3)29-17-19-7-5-4-6-8-19/h4-13,18H,14-17H2,1-3H3. The monoisotopic (exact) mass is 424 g/mol. The zero-order valence-electron chi connectivity index (χ0n) is 17.7. The lowest BCUT2D eigenvalue weighted by molar-refractivity contribution is -0.131. The summed E-state index contributed by atoms with van der Waals surface area (Å²) in [6, 6.07) is 17.9. The van der Waals surface area contributed by atoms with Crippen LogP contribution in [0.2, 0.25) is 0 Å². The van der Waals surface area contributed by atoms with Crippen molar-refractivity contribution in [2.24, 2.45) is 0 Å². The molecule has 0 saturated heterocycles. The Morgan fingerprint density at radius 3 is 2.43 bits per heavy atom. The van der Waals surface area contributed by atoms with E-state index in [1.807, 2.05) is 67.5 Å². The highest BCUT2D eigenvalue weighted by molar-refractivity contribution is 7.07. The second-order valence-corrected chi connectivity index (χ2v) is 8.09. The molecular formula is C24H28N2O3S. The molecule has 0 aliphatic rings. The van der Waals surface area contributed by atoms with Crippen LogP contribution in [0.1, 0.15) is 16.7 Å². The number of thiophene rings is 1. The number of carbonyl (C=O) groups excluding carboxylic acids is 1. The summed E-state index contributed by atoms with van der Waals surface area (Å²) in [6.45, 7) is 2.14. The Balaban J connectivity index is 1.55. The van der Waals surface area contributed by atoms with Crippen LogP contribution in [0.4, 0.5) is 0 Å². The summed E-state index contributed by atoms with van der Waals surface area (Å²) in [7, 11) is 5.42. The second-order valence-electron chi connectivity index (χ2n) is 7.31. The molecule has 0 fully saturated rings. The van der Waals surface area contributed by atoms with Crippen molar-refractivity contribution < 1.29 is 14.3 Å². The molecule has 0 spiro atoms. The number of carbonyl (C=O) groups is 1. The summed E-state index contributed by atoms with van der Waals surface area (Å²) >= 11 is 1.67. The van der Waals surface area contributed by atoms with E-state index in [1.54, 1.807) is 23.3 Å². The molecule has 0 atom stereocenters. The third-order valence-corrected chi connectivity index (χ3v) is 5.48. The first kappa shape index (κ1) is 21.9. The van der Waals surface area contributed by atoms with Gasteiger partial charge in [-0.15, -0.1) is 0 Å². The Morgan fingerprint density at radius 2 is 1.73 bits per heavy atom. The highest BCUT2D eigenvalue weighted by atomic mass is 32.1. The summed E-state index contributed by atoms with van der Waals surface area (Å²) in [4.78, 5) is 16.4. The van der Waals surface area contributed by atoms with Gasteiger partial charge in [0.1, 0.15) is 6.61 Å². The fourth-order valence-corrected chi connectivity index (χ4v) is 3.79. The van der Waals surface area contributed by atoms with Crippen LogP contribution in [-0.2, 0) is 24.5 Å². The van der Waals surface area contributed by atoms with Gasteiger partial charge in [-0.25, -0.2) is 0 Å². The van der Waals surface area contributed by atoms with Crippen LogP contribution >= 0.6 is 11.3 Å². The Hall–Kier alpha value is -2.83. The Morgan fingerprint density at radius 1 is 0.933 bits per heavy atom. The number of hydrogen-bond acceptors (Lipinski definition) is 5. The average Bonchev–Trinajstić information content (AvgIpc) is 3.26. The van der Waals surface area contributed by atoms with E-state index in [2.05, 4.69) is 16.8 Å². The van der Waals surface area contributed by atoms with E-state index in [0.29, 0.717) is 31.2 Å². The van der Waals surface area contributed by atoms with Crippen LogP contribution in [0.15, 0.2) is 65.4 Å². The highest BCUT2D eigenvalue weighted by Gasteiger charge is 2.14. The molecule has 158 valence electrons. The number of ether oxygens (including phenoxy) is 2. The van der Waals surface area contributed by atoms with Crippen LogP contribution in [0.5, 0.6) is 11.5 Å². The number of likely N-dealkylation sites (N-methyl/N-ethyl adjacent to an activating group) is 2. The summed E-state index contributed by atoms with van der Waals surface area (Å²) in [5.74, 6) is 1.43. The zero-order chi connectivity index (χ0) is 21.3. The molecule has 1 amide bonds. The van der Waals surface area contributed by atoms with Gasteiger partial charge in [0.25, 0.3) is 0 Å². The number of nitrogens with zero attached hydrogens (tertiary/aromatic N) is 2. The van der Waals surface area contributed by atoms with Crippen molar-refractivity contribution in [1.29, 1.82) is 0 Å². The molecule has 0 radical (unpaired) electrons. The SMILES string of the molecule is COc1cc(CN(C)C(=O)CN(C)Cc2ccsc2)ccc1OCc1ccccc1. The van der Waals surface area contributed by atoms with Crippen molar-refractivity contribution in [3.63, 3.8) is 0 Å². The molecule has 0 N–H and O–H groups in total. The number of benzene rings is 2. The minimum atomic E-state index is 0.0797. The van der Waals surface area contributed by atoms with Crippen molar-refractivity contribution in [1.82, 2.24) is 9.80 Å². The van der Waals surface area contributed by atoms with E-state index in [-0.39, 0.29) is 5.91 Å². The van der Waals surface area contributed by atoms with Crippen molar-refractivity contribution in [2.75, 3.05) is 27.7 Å². The zero-order valence-corrected chi connectivity index (χ0v) is 18.5. The molecule has 0 aliphatic carbocycles. The quantitative estimate of drug-likeness (QED) is 0.483. The lowest BCUT2D eigenvalue weighted by atomic mass is 10.2. The van der Waals surface area contributed by atoms with Gasteiger partial charge in [0.05, 0.1) is 13.7 Å². The van der Waals surface area contributed by atoms with Gasteiger partial charge in [-0.05, 0) is 52.7 Å². The molecule has 5 nitrogen and oxygen atoms in total. The molecule has 6 heteroatoms. The lowest BCUT2D eigenvalue weighted by Gasteiger charge is -2.22. The molecule has 2 aromatic carbocycles. The molecule has 0 aliphatic heterocycles. The largest absolute Gasteiger partial charge is 0.493 e. The molecule has 0 saturated carbocycles. The Kier molecular flexibility index (Phi) is 7.88. The average molecular weight is 425 g/mol. The van der Waals surface area contributed by atoms with Gasteiger partial charge in [-0.1, -0.05) is 36.4 Å². The minimum absolute atomic E-state index is 0.0797. The van der Waals surface area contributed by atoms with E-state index < -0.39 is 0 Å². The highest BCUT2D eigenvalue weighted by Crippen LogP contribution is 2.29. The first-order chi connectivity index (χ1) is 14.5. The van der Waals surface area contributed by atoms with Gasteiger partial charge >= 0.3 is 0 Å². The molecule has 0 unspecified atom stereocenters. The van der Waals surface area contributed by atoms with Gasteiger partial charge < -0.3 is 14.4 Å². The van der Waals surface area contributed by atoms with E-state index >= 15 is 0 Å². The lowest BCUT2D eigenvalue weighted by Crippen LogP contribution is -2.35. The summed E-state index contributed by atoms with van der Waals surface area (Å²) in [5.41, 5.74) is 3.32. The van der Waals surface area contributed by atoms with Crippen molar-refractivity contribution >= 4 is 17.2 Å². The first-order valence-corrected chi connectivity index (χ1v) is 10.8. The first-order valence-electron chi connectivity index (χ1n) is 9.82.